The lowest BCUT2D eigenvalue weighted by molar-refractivity contribution is -0.136. The predicted molar refractivity (Wildman–Crippen MR) is 221 cm³/mol. The third-order valence-electron chi connectivity index (χ3n) is 10.4. The van der Waals surface area contributed by atoms with E-state index in [1.807, 2.05) is 36.4 Å². The molecule has 4 aromatic rings. The van der Waals surface area contributed by atoms with Gasteiger partial charge in [-0.15, -0.1) is 0 Å². The van der Waals surface area contributed by atoms with E-state index in [9.17, 15) is 28.8 Å². The number of hydrogen-bond acceptors (Lipinski definition) is 11. The molecule has 4 aromatic carbocycles. The maximum absolute atomic E-state index is 13.2. The van der Waals surface area contributed by atoms with Gasteiger partial charge in [-0.05, 0) is 60.6 Å². The quantitative estimate of drug-likeness (QED) is 0.0738. The summed E-state index contributed by atoms with van der Waals surface area (Å²) in [4.78, 5) is 76.0. The molecule has 0 bridgehead atoms. The Labute approximate surface area is 348 Å². The van der Waals surface area contributed by atoms with Crippen molar-refractivity contribution in [2.24, 2.45) is 0 Å². The van der Waals surface area contributed by atoms with Gasteiger partial charge in [-0.2, -0.15) is 0 Å². The highest BCUT2D eigenvalue weighted by atomic mass is 16.5. The molecule has 15 nitrogen and oxygen atoms in total. The number of unbranched alkanes of at least 4 members (excludes halogenated alkanes) is 1. The number of imide groups is 2. The molecule has 6 amide bonds. The summed E-state index contributed by atoms with van der Waals surface area (Å²) in [6.07, 6.45) is 1.51. The molecule has 314 valence electrons. The highest BCUT2D eigenvalue weighted by Gasteiger charge is 2.46. The van der Waals surface area contributed by atoms with E-state index in [2.05, 4.69) is 52.5 Å². The van der Waals surface area contributed by atoms with E-state index in [1.165, 1.54) is 18.2 Å². The molecule has 15 heteroatoms. The van der Waals surface area contributed by atoms with Gasteiger partial charge in [0.15, 0.2) is 6.61 Å². The highest BCUT2D eigenvalue weighted by Crippen LogP contribution is 2.36. The first kappa shape index (κ1) is 42.9. The molecule has 60 heavy (non-hydrogen) atoms. The molecule has 6 rings (SSSR count). The largest absolute Gasteiger partial charge is 0.496 e. The van der Waals surface area contributed by atoms with Gasteiger partial charge < -0.3 is 34.9 Å². The van der Waals surface area contributed by atoms with Crippen molar-refractivity contribution in [3.05, 3.63) is 107 Å². The van der Waals surface area contributed by atoms with E-state index in [4.69, 9.17) is 18.9 Å². The van der Waals surface area contributed by atoms with Gasteiger partial charge in [0.2, 0.25) is 17.7 Å². The maximum Gasteiger partial charge on any atom is 0.266 e. The predicted octanol–water partition coefficient (Wildman–Crippen LogP) is 4.23. The van der Waals surface area contributed by atoms with Crippen molar-refractivity contribution < 1.29 is 47.7 Å². The van der Waals surface area contributed by atoms with Gasteiger partial charge in [0.1, 0.15) is 35.6 Å². The van der Waals surface area contributed by atoms with Gasteiger partial charge in [-0.1, -0.05) is 54.6 Å². The summed E-state index contributed by atoms with van der Waals surface area (Å²) in [6, 6.07) is 23.4. The van der Waals surface area contributed by atoms with Gasteiger partial charge >= 0.3 is 0 Å². The molecule has 0 spiro atoms. The summed E-state index contributed by atoms with van der Waals surface area (Å²) in [5, 5.41) is 11.1. The van der Waals surface area contributed by atoms with Crippen molar-refractivity contribution in [3.63, 3.8) is 0 Å². The first-order valence-corrected chi connectivity index (χ1v) is 19.8. The number of piperidine rings is 1. The number of nitrogens with one attached hydrogen (secondary N) is 4. The number of ether oxygens (including phenoxy) is 4. The molecule has 0 radical (unpaired) electrons. The molecule has 1 saturated heterocycles. The third kappa shape index (κ3) is 10.3. The number of nitrogens with zero attached hydrogens (tertiary/aromatic N) is 1. The molecule has 2 heterocycles. The number of benzene rings is 4. The van der Waals surface area contributed by atoms with Crippen molar-refractivity contribution in [1.82, 2.24) is 26.2 Å². The topological polar surface area (TPSA) is 191 Å². The first-order chi connectivity index (χ1) is 29.1. The minimum absolute atomic E-state index is 0.00519. The normalized spacial score (nSPS) is 14.7. The molecule has 4 N–H and O–H groups in total. The Hall–Kier alpha value is -6.74. The van der Waals surface area contributed by atoms with E-state index in [-0.39, 0.29) is 42.0 Å². The monoisotopic (exact) mass is 819 g/mol. The van der Waals surface area contributed by atoms with Crippen molar-refractivity contribution in [2.75, 3.05) is 40.5 Å². The summed E-state index contributed by atoms with van der Waals surface area (Å²) in [5.41, 5.74) is 5.37. The van der Waals surface area contributed by atoms with Crippen molar-refractivity contribution >= 4 is 35.4 Å². The fraction of sp³-hybridized carbons (Fsp3) is 0.333. The van der Waals surface area contributed by atoms with Crippen LogP contribution in [0.1, 0.15) is 69.5 Å². The molecule has 1 unspecified atom stereocenters. The Morgan fingerprint density at radius 2 is 1.45 bits per heavy atom. The van der Waals surface area contributed by atoms with Gasteiger partial charge in [0.05, 0.1) is 30.9 Å². The molecule has 0 aromatic heterocycles. The SMILES string of the molecule is COc1cc(OCc2cccc(-c3ccccc3)c2C)cc(OC)c1CNCCC(=O)NCCCCNC(=O)COc1cccc2c1C(=O)N(C1CCC(=O)NC1=O)C2=O. The maximum atomic E-state index is 13.2. The molecule has 1 atom stereocenters. The van der Waals surface area contributed by atoms with Crippen LogP contribution < -0.4 is 40.2 Å². The van der Waals surface area contributed by atoms with Crippen LogP contribution in [0.2, 0.25) is 0 Å². The third-order valence-corrected chi connectivity index (χ3v) is 10.4. The number of hydrogen-bond donors (Lipinski definition) is 4. The van der Waals surface area contributed by atoms with Crippen molar-refractivity contribution in [1.29, 1.82) is 0 Å². The summed E-state index contributed by atoms with van der Waals surface area (Å²) in [5.74, 6) is -1.26. The van der Waals surface area contributed by atoms with Crippen molar-refractivity contribution in [2.45, 2.75) is 58.2 Å². The van der Waals surface area contributed by atoms with E-state index in [0.717, 1.165) is 32.7 Å². The number of carbonyl (C=O) groups excluding carboxylic acids is 6. The van der Waals surface area contributed by atoms with Crippen LogP contribution in [-0.2, 0) is 32.3 Å². The second kappa shape index (κ2) is 20.3. The lowest BCUT2D eigenvalue weighted by atomic mass is 9.97. The zero-order valence-corrected chi connectivity index (χ0v) is 33.9. The van der Waals surface area contributed by atoms with E-state index in [1.54, 1.807) is 14.2 Å². The smallest absolute Gasteiger partial charge is 0.266 e. The van der Waals surface area contributed by atoms with Crippen LogP contribution in [0, 0.1) is 6.92 Å². The van der Waals surface area contributed by atoms with Gasteiger partial charge in [-0.3, -0.25) is 39.0 Å². The molecule has 1 fully saturated rings. The Morgan fingerprint density at radius 1 is 0.767 bits per heavy atom. The fourth-order valence-corrected chi connectivity index (χ4v) is 7.16. The molecule has 2 aliphatic rings. The van der Waals surface area contributed by atoms with Crippen LogP contribution in [0.25, 0.3) is 11.1 Å². The minimum Gasteiger partial charge on any atom is -0.496 e. The zero-order valence-electron chi connectivity index (χ0n) is 33.9. The van der Waals surface area contributed by atoms with Crippen LogP contribution in [0.5, 0.6) is 23.0 Å². The number of fused-ring (bicyclic) bond motifs is 1. The minimum atomic E-state index is -1.11. The lowest BCUT2D eigenvalue weighted by Crippen LogP contribution is -2.54. The number of rotatable bonds is 20. The van der Waals surface area contributed by atoms with Crippen LogP contribution in [0.4, 0.5) is 0 Å². The standard InChI is InChI=1S/C45H49N5O10/c1-28-30(13-9-14-32(28)29-11-5-4-6-12-29)26-59-31-23-37(57-2)34(38(24-31)58-3)25-46-22-19-39(51)47-20-7-8-21-48-41(53)27-60-36-16-10-15-33-42(36)45(56)50(44(33)55)35-17-18-40(52)49-43(35)54/h4-6,9-16,23-24,35,46H,7-8,17-22,25-27H2,1-3H3,(H,47,51)(H,48,53)(H,49,52,54). The second-order valence-corrected chi connectivity index (χ2v) is 14.3. The summed E-state index contributed by atoms with van der Waals surface area (Å²) in [7, 11) is 3.18. The molecular weight excluding hydrogens is 771 g/mol. The second-order valence-electron chi connectivity index (χ2n) is 14.3. The van der Waals surface area contributed by atoms with Crippen molar-refractivity contribution in [3.8, 4) is 34.1 Å². The lowest BCUT2D eigenvalue weighted by Gasteiger charge is -2.27. The summed E-state index contributed by atoms with van der Waals surface area (Å²) >= 11 is 0. The van der Waals surface area contributed by atoms with Crippen LogP contribution in [0.3, 0.4) is 0 Å². The first-order valence-electron chi connectivity index (χ1n) is 19.8. The molecule has 2 aliphatic heterocycles. The van der Waals surface area contributed by atoms with E-state index >= 15 is 0 Å². The zero-order chi connectivity index (χ0) is 42.6. The average molecular weight is 820 g/mol. The fourth-order valence-electron chi connectivity index (χ4n) is 7.16. The number of amides is 6. The average Bonchev–Trinajstić information content (AvgIpc) is 3.51. The Balaban J connectivity index is 0.870. The number of carbonyl (C=O) groups is 6. The highest BCUT2D eigenvalue weighted by molar-refractivity contribution is 6.24. The van der Waals surface area contributed by atoms with E-state index in [0.29, 0.717) is 62.9 Å². The van der Waals surface area contributed by atoms with Gasteiger partial charge in [0.25, 0.3) is 17.7 Å². The Bertz CT molecular complexity index is 2220. The molecule has 0 saturated carbocycles. The Kier molecular flexibility index (Phi) is 14.5. The van der Waals surface area contributed by atoms with Gasteiger partial charge in [-0.25, -0.2) is 0 Å². The van der Waals surface area contributed by atoms with E-state index < -0.39 is 42.2 Å². The summed E-state index contributed by atoms with van der Waals surface area (Å²) in [6.45, 7) is 3.66. The van der Waals surface area contributed by atoms with Crippen LogP contribution in [-0.4, -0.2) is 86.8 Å². The van der Waals surface area contributed by atoms with Gasteiger partial charge in [0, 0.05) is 51.2 Å². The Morgan fingerprint density at radius 3 is 2.15 bits per heavy atom. The van der Waals surface area contributed by atoms with Crippen LogP contribution >= 0.6 is 0 Å². The molecule has 0 aliphatic carbocycles. The van der Waals surface area contributed by atoms with Crippen LogP contribution in [0.15, 0.2) is 78.9 Å². The molecular formula is C45H49N5O10. The summed E-state index contributed by atoms with van der Waals surface area (Å²) < 4.78 is 23.2. The number of methoxy groups -OCH3 is 2.